The Bertz CT molecular complexity index is 520. The number of benzene rings is 1. The number of aliphatic hydroxyl groups excluding tert-OH is 1. The van der Waals surface area contributed by atoms with Gasteiger partial charge in [-0.3, -0.25) is 4.57 Å². The van der Waals surface area contributed by atoms with Crippen LogP contribution in [0.3, 0.4) is 0 Å². The Labute approximate surface area is 106 Å². The molecule has 1 N–H and O–H groups in total. The molecule has 0 aliphatic carbocycles. The molecule has 0 fully saturated rings. The van der Waals surface area contributed by atoms with Gasteiger partial charge in [-0.05, 0) is 26.0 Å². The van der Waals surface area contributed by atoms with Crippen LogP contribution in [0.25, 0.3) is 5.69 Å². The standard InChI is InChI=1S/C13H17N3O2/c1-13(2,18-3)12-15-14-11(9-17)16(12)10-7-5-4-6-8-10/h4-8,17H,9H2,1-3H3. The molecule has 0 bridgehead atoms. The number of aliphatic hydroxyl groups is 1. The summed E-state index contributed by atoms with van der Waals surface area (Å²) in [6, 6.07) is 9.68. The molecule has 0 aliphatic heterocycles. The number of ether oxygens (including phenoxy) is 1. The summed E-state index contributed by atoms with van der Waals surface area (Å²) < 4.78 is 7.26. The largest absolute Gasteiger partial charge is 0.388 e. The second-order valence-corrected chi connectivity index (χ2v) is 4.48. The molecular weight excluding hydrogens is 230 g/mol. The average Bonchev–Trinajstić information content (AvgIpc) is 2.84. The molecule has 1 aromatic carbocycles. The van der Waals surface area contributed by atoms with E-state index in [4.69, 9.17) is 4.74 Å². The van der Waals surface area contributed by atoms with E-state index in [-0.39, 0.29) is 6.61 Å². The summed E-state index contributed by atoms with van der Waals surface area (Å²) >= 11 is 0. The van der Waals surface area contributed by atoms with Crippen molar-refractivity contribution in [1.29, 1.82) is 0 Å². The summed E-state index contributed by atoms with van der Waals surface area (Å²) in [5.74, 6) is 1.17. The molecular formula is C13H17N3O2. The third-order valence-corrected chi connectivity index (χ3v) is 2.93. The van der Waals surface area contributed by atoms with Crippen molar-refractivity contribution in [3.05, 3.63) is 42.0 Å². The summed E-state index contributed by atoms with van der Waals surface area (Å²) in [7, 11) is 1.63. The Kier molecular flexibility index (Phi) is 3.45. The number of hydrogen-bond donors (Lipinski definition) is 1. The van der Waals surface area contributed by atoms with E-state index in [2.05, 4.69) is 10.2 Å². The first kappa shape index (κ1) is 12.7. The quantitative estimate of drug-likeness (QED) is 0.892. The first-order valence-corrected chi connectivity index (χ1v) is 5.76. The number of rotatable bonds is 4. The van der Waals surface area contributed by atoms with Crippen LogP contribution in [0.15, 0.2) is 30.3 Å². The number of nitrogens with zero attached hydrogens (tertiary/aromatic N) is 3. The number of aromatic nitrogens is 3. The third-order valence-electron chi connectivity index (χ3n) is 2.93. The lowest BCUT2D eigenvalue weighted by Gasteiger charge is -2.23. The maximum Gasteiger partial charge on any atom is 0.169 e. The van der Waals surface area contributed by atoms with E-state index in [1.165, 1.54) is 0 Å². The molecule has 96 valence electrons. The summed E-state index contributed by atoms with van der Waals surface area (Å²) in [5.41, 5.74) is 0.336. The van der Waals surface area contributed by atoms with Crippen LogP contribution in [0.5, 0.6) is 0 Å². The lowest BCUT2D eigenvalue weighted by atomic mass is 10.1. The van der Waals surface area contributed by atoms with Crippen molar-refractivity contribution >= 4 is 0 Å². The Morgan fingerprint density at radius 3 is 2.44 bits per heavy atom. The Morgan fingerprint density at radius 1 is 1.22 bits per heavy atom. The second kappa shape index (κ2) is 4.88. The topological polar surface area (TPSA) is 60.2 Å². The smallest absolute Gasteiger partial charge is 0.169 e. The van der Waals surface area contributed by atoms with Gasteiger partial charge in [-0.1, -0.05) is 18.2 Å². The van der Waals surface area contributed by atoms with Gasteiger partial charge in [0.1, 0.15) is 12.2 Å². The summed E-state index contributed by atoms with van der Waals surface area (Å²) in [6.07, 6.45) is 0. The van der Waals surface area contributed by atoms with Gasteiger partial charge in [0.25, 0.3) is 0 Å². The van der Waals surface area contributed by atoms with Gasteiger partial charge in [0.05, 0.1) is 0 Å². The average molecular weight is 247 g/mol. The molecule has 0 saturated heterocycles. The minimum absolute atomic E-state index is 0.165. The van der Waals surface area contributed by atoms with Gasteiger partial charge in [0.2, 0.25) is 0 Å². The van der Waals surface area contributed by atoms with Gasteiger partial charge in [-0.15, -0.1) is 10.2 Å². The minimum Gasteiger partial charge on any atom is -0.388 e. The van der Waals surface area contributed by atoms with Crippen molar-refractivity contribution in [2.24, 2.45) is 0 Å². The predicted octanol–water partition coefficient (Wildman–Crippen LogP) is 1.64. The van der Waals surface area contributed by atoms with E-state index in [0.29, 0.717) is 11.6 Å². The zero-order valence-corrected chi connectivity index (χ0v) is 10.8. The van der Waals surface area contributed by atoms with E-state index in [0.717, 1.165) is 5.69 Å². The fourth-order valence-electron chi connectivity index (χ4n) is 1.75. The molecule has 0 unspecified atom stereocenters. The highest BCUT2D eigenvalue weighted by Crippen LogP contribution is 2.25. The Hall–Kier alpha value is -1.72. The van der Waals surface area contributed by atoms with Gasteiger partial charge in [-0.25, -0.2) is 0 Å². The SMILES string of the molecule is COC(C)(C)c1nnc(CO)n1-c1ccccc1. The van der Waals surface area contributed by atoms with Crippen molar-refractivity contribution in [3.8, 4) is 5.69 Å². The summed E-state index contributed by atoms with van der Waals surface area (Å²) in [4.78, 5) is 0. The Balaban J connectivity index is 2.61. The molecule has 0 amide bonds. The summed E-state index contributed by atoms with van der Waals surface area (Å²) in [5, 5.41) is 17.5. The predicted molar refractivity (Wildman–Crippen MR) is 67.3 cm³/mol. The van der Waals surface area contributed by atoms with Crippen molar-refractivity contribution in [1.82, 2.24) is 14.8 Å². The second-order valence-electron chi connectivity index (χ2n) is 4.48. The van der Waals surface area contributed by atoms with Crippen molar-refractivity contribution in [3.63, 3.8) is 0 Å². The molecule has 1 heterocycles. The molecule has 18 heavy (non-hydrogen) atoms. The first-order valence-electron chi connectivity index (χ1n) is 5.76. The number of para-hydroxylation sites is 1. The molecule has 0 saturated carbocycles. The fourth-order valence-corrected chi connectivity index (χ4v) is 1.75. The normalized spacial score (nSPS) is 11.8. The van der Waals surface area contributed by atoms with Gasteiger partial charge in [0.15, 0.2) is 11.6 Å². The van der Waals surface area contributed by atoms with Crippen molar-refractivity contribution in [2.75, 3.05) is 7.11 Å². The first-order chi connectivity index (χ1) is 8.60. The summed E-state index contributed by atoms with van der Waals surface area (Å²) in [6.45, 7) is 3.66. The monoisotopic (exact) mass is 247 g/mol. The zero-order chi connectivity index (χ0) is 13.2. The van der Waals surface area contributed by atoms with Crippen LogP contribution in [0, 0.1) is 0 Å². The van der Waals surface area contributed by atoms with Crippen LogP contribution in [0.1, 0.15) is 25.5 Å². The van der Waals surface area contributed by atoms with E-state index in [9.17, 15) is 5.11 Å². The molecule has 0 aliphatic rings. The lowest BCUT2D eigenvalue weighted by Crippen LogP contribution is -2.25. The van der Waals surface area contributed by atoms with Crippen LogP contribution >= 0.6 is 0 Å². The number of methoxy groups -OCH3 is 1. The molecule has 0 radical (unpaired) electrons. The van der Waals surface area contributed by atoms with Crippen LogP contribution in [-0.4, -0.2) is 27.0 Å². The van der Waals surface area contributed by atoms with Gasteiger partial charge >= 0.3 is 0 Å². The molecule has 2 aromatic rings. The zero-order valence-electron chi connectivity index (χ0n) is 10.8. The third kappa shape index (κ3) is 2.14. The van der Waals surface area contributed by atoms with Crippen LogP contribution < -0.4 is 0 Å². The number of hydrogen-bond acceptors (Lipinski definition) is 4. The Morgan fingerprint density at radius 2 is 1.89 bits per heavy atom. The molecule has 0 atom stereocenters. The molecule has 2 rings (SSSR count). The van der Waals surface area contributed by atoms with Gasteiger partial charge in [-0.2, -0.15) is 0 Å². The van der Waals surface area contributed by atoms with Gasteiger partial charge < -0.3 is 9.84 Å². The highest BCUT2D eigenvalue weighted by Gasteiger charge is 2.28. The van der Waals surface area contributed by atoms with Crippen LogP contribution in [-0.2, 0) is 16.9 Å². The minimum atomic E-state index is -0.573. The molecule has 5 nitrogen and oxygen atoms in total. The van der Waals surface area contributed by atoms with E-state index in [1.807, 2.05) is 48.7 Å². The van der Waals surface area contributed by atoms with Crippen molar-refractivity contribution in [2.45, 2.75) is 26.1 Å². The van der Waals surface area contributed by atoms with E-state index in [1.54, 1.807) is 7.11 Å². The van der Waals surface area contributed by atoms with Gasteiger partial charge in [0, 0.05) is 12.8 Å². The highest BCUT2D eigenvalue weighted by molar-refractivity contribution is 5.34. The highest BCUT2D eigenvalue weighted by atomic mass is 16.5. The maximum atomic E-state index is 9.37. The molecule has 0 spiro atoms. The maximum absolute atomic E-state index is 9.37. The van der Waals surface area contributed by atoms with E-state index >= 15 is 0 Å². The van der Waals surface area contributed by atoms with Crippen molar-refractivity contribution < 1.29 is 9.84 Å². The van der Waals surface area contributed by atoms with Crippen LogP contribution in [0.4, 0.5) is 0 Å². The van der Waals surface area contributed by atoms with Crippen LogP contribution in [0.2, 0.25) is 0 Å². The molecule has 1 aromatic heterocycles. The lowest BCUT2D eigenvalue weighted by molar-refractivity contribution is 0.00979. The van der Waals surface area contributed by atoms with E-state index < -0.39 is 5.60 Å². The molecule has 5 heteroatoms. The fraction of sp³-hybridized carbons (Fsp3) is 0.385.